The zero-order chi connectivity index (χ0) is 52.0. The fourth-order valence-corrected chi connectivity index (χ4v) is 9.31. The van der Waals surface area contributed by atoms with Crippen molar-refractivity contribution in [3.8, 4) is 11.1 Å². The van der Waals surface area contributed by atoms with E-state index in [1.54, 1.807) is 83.1 Å². The second-order valence-electron chi connectivity index (χ2n) is 22.1. The molecular formula is C53H78Br2N2O12. The molecular weight excluding hydrogens is 1020 g/mol. The number of esters is 3. The van der Waals surface area contributed by atoms with Crippen LogP contribution in [0.5, 0.6) is 0 Å². The van der Waals surface area contributed by atoms with Crippen LogP contribution in [0.15, 0.2) is 45.3 Å². The number of amides is 2. The first-order chi connectivity index (χ1) is 31.9. The first-order valence-corrected chi connectivity index (χ1v) is 25.9. The molecule has 2 atom stereocenters. The van der Waals surface area contributed by atoms with Crippen LogP contribution in [0.2, 0.25) is 0 Å². The molecule has 386 valence electrons. The van der Waals surface area contributed by atoms with Crippen LogP contribution in [0.25, 0.3) is 11.1 Å². The van der Waals surface area contributed by atoms with Crippen LogP contribution in [0.1, 0.15) is 184 Å². The van der Waals surface area contributed by atoms with Crippen molar-refractivity contribution in [1.82, 2.24) is 10.6 Å². The topological polar surface area (TPSA) is 193 Å². The lowest BCUT2D eigenvalue weighted by Crippen LogP contribution is -2.63. The molecule has 69 heavy (non-hydrogen) atoms. The first-order valence-electron chi connectivity index (χ1n) is 24.3. The van der Waals surface area contributed by atoms with Crippen LogP contribution in [-0.2, 0) is 48.3 Å². The van der Waals surface area contributed by atoms with Crippen LogP contribution in [0, 0.1) is 5.41 Å². The predicted octanol–water partition coefficient (Wildman–Crippen LogP) is 12.7. The zero-order valence-electron chi connectivity index (χ0n) is 43.0. The van der Waals surface area contributed by atoms with Crippen molar-refractivity contribution in [3.05, 3.63) is 56.5 Å². The van der Waals surface area contributed by atoms with Crippen molar-refractivity contribution in [2.24, 2.45) is 5.41 Å². The fraction of sp³-hybridized carbons (Fsp3) is 0.660. The van der Waals surface area contributed by atoms with Gasteiger partial charge in [0.15, 0.2) is 0 Å². The van der Waals surface area contributed by atoms with Gasteiger partial charge >= 0.3 is 36.1 Å². The number of unbranched alkanes of at least 4 members (excludes halogenated alkanes) is 6. The van der Waals surface area contributed by atoms with Crippen molar-refractivity contribution >= 4 is 67.9 Å². The van der Waals surface area contributed by atoms with E-state index in [1.807, 2.05) is 0 Å². The molecule has 0 aromatic heterocycles. The van der Waals surface area contributed by atoms with Gasteiger partial charge in [-0.15, -0.1) is 0 Å². The highest BCUT2D eigenvalue weighted by Gasteiger charge is 2.51. The lowest BCUT2D eigenvalue weighted by molar-refractivity contribution is -0.158. The molecule has 3 N–H and O–H groups in total. The third kappa shape index (κ3) is 18.8. The van der Waals surface area contributed by atoms with Crippen molar-refractivity contribution in [2.75, 3.05) is 13.2 Å². The minimum atomic E-state index is -1.76. The minimum Gasteiger partial charge on any atom is -0.479 e. The van der Waals surface area contributed by atoms with Gasteiger partial charge in [0.1, 0.15) is 28.4 Å². The number of carbonyl (C=O) groups is 6. The van der Waals surface area contributed by atoms with E-state index < -0.39 is 69.9 Å². The van der Waals surface area contributed by atoms with Crippen LogP contribution < -0.4 is 10.6 Å². The van der Waals surface area contributed by atoms with E-state index in [-0.39, 0.29) is 44.3 Å². The summed E-state index contributed by atoms with van der Waals surface area (Å²) in [6, 6.07) is 12.0. The number of ether oxygens (including phenoxy) is 5. The van der Waals surface area contributed by atoms with Crippen LogP contribution in [0.4, 0.5) is 9.59 Å². The van der Waals surface area contributed by atoms with Gasteiger partial charge in [-0.3, -0.25) is 9.59 Å². The predicted molar refractivity (Wildman–Crippen MR) is 273 cm³/mol. The number of nitrogens with one attached hydrogen (secondary N) is 2. The highest BCUT2D eigenvalue weighted by Crippen LogP contribution is 2.55. The van der Waals surface area contributed by atoms with Gasteiger partial charge in [-0.1, -0.05) is 103 Å². The lowest BCUT2D eigenvalue weighted by atomic mass is 9.70. The third-order valence-corrected chi connectivity index (χ3v) is 12.9. The smallest absolute Gasteiger partial charge is 0.408 e. The highest BCUT2D eigenvalue weighted by molar-refractivity contribution is 9.10. The van der Waals surface area contributed by atoms with E-state index in [1.165, 1.54) is 22.3 Å². The Hall–Kier alpha value is -4.18. The molecule has 0 fully saturated rings. The molecule has 16 heteroatoms. The maximum absolute atomic E-state index is 12.9. The van der Waals surface area contributed by atoms with Gasteiger partial charge in [-0.25, -0.2) is 19.2 Å². The second-order valence-corrected chi connectivity index (χ2v) is 23.9. The number of carbonyl (C=O) groups excluding carboxylic acids is 5. The number of alkyl carbamates (subject to hydrolysis) is 2. The quantitative estimate of drug-likeness (QED) is 0.0512. The Morgan fingerprint density at radius 1 is 0.594 bits per heavy atom. The second kappa shape index (κ2) is 25.3. The summed E-state index contributed by atoms with van der Waals surface area (Å²) in [7, 11) is 0. The molecule has 2 amide bonds. The van der Waals surface area contributed by atoms with Gasteiger partial charge in [0.05, 0.1) is 13.2 Å². The number of hydrogen-bond acceptors (Lipinski definition) is 11. The maximum Gasteiger partial charge on any atom is 0.408 e. The molecule has 3 rings (SSSR count). The molecule has 1 aliphatic rings. The number of carboxylic acids is 1. The Balaban J connectivity index is 1.56. The van der Waals surface area contributed by atoms with Crippen LogP contribution in [-0.4, -0.2) is 82.8 Å². The molecule has 0 heterocycles. The zero-order valence-corrected chi connectivity index (χ0v) is 46.2. The summed E-state index contributed by atoms with van der Waals surface area (Å²) >= 11 is 7.49. The molecule has 2 aromatic carbocycles. The van der Waals surface area contributed by atoms with Gasteiger partial charge in [0.25, 0.3) is 0 Å². The van der Waals surface area contributed by atoms with E-state index in [0.29, 0.717) is 12.8 Å². The normalized spacial score (nSPS) is 14.6. The lowest BCUT2D eigenvalue weighted by Gasteiger charge is -2.41. The number of hydrogen-bond donors (Lipinski definition) is 3. The Labute approximate surface area is 427 Å². The Morgan fingerprint density at radius 2 is 1.03 bits per heavy atom. The summed E-state index contributed by atoms with van der Waals surface area (Å²) in [4.78, 5) is 76.4. The average Bonchev–Trinajstić information content (AvgIpc) is 3.44. The standard InChI is InChI=1S/C53H78Br2N2O12/c1-48(2,3)53(45(61)62,57-47(64)69-51(10,11)12)30-27-43(59)66-32-20-16-14-18-29-52(39-33-35(54)21-23-37(39)38-24-22-36(55)34-40(38)52)28-17-13-15-19-31-65-42(58)26-25-41(44(60)67-49(4,5)6)56-46(63)68-50(7,8)9/h21-24,33-34,41H,13-20,25-32H2,1-12H3,(H,56,63)(H,57,64)(H,61,62)/t41-,53-/m1/s1. The summed E-state index contributed by atoms with van der Waals surface area (Å²) in [6.45, 7) is 21.0. The monoisotopic (exact) mass is 1090 g/mol. The molecule has 0 unspecified atom stereocenters. The number of fused-ring (bicyclic) bond motifs is 3. The number of rotatable bonds is 24. The van der Waals surface area contributed by atoms with Gasteiger partial charge in [-0.05, 0) is 153 Å². The molecule has 0 spiro atoms. The molecule has 14 nitrogen and oxygen atoms in total. The van der Waals surface area contributed by atoms with Crippen LogP contribution in [0.3, 0.4) is 0 Å². The molecule has 0 saturated heterocycles. The number of benzene rings is 2. The Morgan fingerprint density at radius 3 is 1.46 bits per heavy atom. The average molecular weight is 1100 g/mol. The Kier molecular flexibility index (Phi) is 21.7. The van der Waals surface area contributed by atoms with Crippen molar-refractivity contribution in [2.45, 2.75) is 207 Å². The van der Waals surface area contributed by atoms with E-state index >= 15 is 0 Å². The summed E-state index contributed by atoms with van der Waals surface area (Å²) in [6.07, 6.45) is 6.52. The highest BCUT2D eigenvalue weighted by atomic mass is 79.9. The van der Waals surface area contributed by atoms with Gasteiger partial charge in [-0.2, -0.15) is 0 Å². The number of halogens is 2. The summed E-state index contributed by atoms with van der Waals surface area (Å²) in [5, 5.41) is 15.4. The number of carboxylic acid groups (broad SMARTS) is 1. The first kappa shape index (κ1) is 59.1. The van der Waals surface area contributed by atoms with Crippen molar-refractivity contribution in [3.63, 3.8) is 0 Å². The summed E-state index contributed by atoms with van der Waals surface area (Å²) < 4.78 is 29.3. The molecule has 1 aliphatic carbocycles. The van der Waals surface area contributed by atoms with Gasteiger partial charge in [0.2, 0.25) is 0 Å². The molecule has 0 bridgehead atoms. The van der Waals surface area contributed by atoms with E-state index in [9.17, 15) is 33.9 Å². The molecule has 0 aliphatic heterocycles. The summed E-state index contributed by atoms with van der Waals surface area (Å²) in [5.74, 6) is -2.90. The molecule has 2 aromatic rings. The fourth-order valence-electron chi connectivity index (χ4n) is 8.59. The third-order valence-electron chi connectivity index (χ3n) is 11.9. The number of aliphatic carboxylic acids is 1. The van der Waals surface area contributed by atoms with E-state index in [2.05, 4.69) is 78.9 Å². The summed E-state index contributed by atoms with van der Waals surface area (Å²) in [5.41, 5.74) is -0.255. The molecule has 0 saturated carbocycles. The Bertz CT molecular complexity index is 2040. The van der Waals surface area contributed by atoms with Gasteiger partial charge in [0, 0.05) is 27.2 Å². The van der Waals surface area contributed by atoms with Crippen molar-refractivity contribution < 1.29 is 57.6 Å². The largest absolute Gasteiger partial charge is 0.479 e. The van der Waals surface area contributed by atoms with Crippen LogP contribution >= 0.6 is 31.9 Å². The SMILES string of the molecule is CC(C)(C)OC(=O)N[C@H](CCC(=O)OCCCCCCC1(CCCCCCOC(=O)CC[C@@](NC(=O)OC(C)(C)C)(C(=O)O)C(C)(C)C)c2cc(Br)ccc2-c2ccc(Br)cc21)C(=O)OC(C)(C)C. The maximum atomic E-state index is 12.9. The van der Waals surface area contributed by atoms with Crippen molar-refractivity contribution in [1.29, 1.82) is 0 Å². The minimum absolute atomic E-state index is 0.00423. The van der Waals surface area contributed by atoms with Gasteiger partial charge < -0.3 is 39.4 Å². The van der Waals surface area contributed by atoms with E-state index in [0.717, 1.165) is 60.3 Å². The van der Waals surface area contributed by atoms with E-state index in [4.69, 9.17) is 23.7 Å². The molecule has 0 radical (unpaired) electrons.